The fourth-order valence-electron chi connectivity index (χ4n) is 2.64. The zero-order valence-electron chi connectivity index (χ0n) is 10.6. The van der Waals surface area contributed by atoms with E-state index >= 15 is 0 Å². The van der Waals surface area contributed by atoms with Gasteiger partial charge in [-0.25, -0.2) is 4.98 Å². The van der Waals surface area contributed by atoms with Crippen molar-refractivity contribution in [3.63, 3.8) is 0 Å². The molecule has 0 radical (unpaired) electrons. The van der Waals surface area contributed by atoms with Crippen molar-refractivity contribution in [3.8, 4) is 0 Å². The van der Waals surface area contributed by atoms with Crippen LogP contribution in [0.15, 0.2) is 12.1 Å². The van der Waals surface area contributed by atoms with E-state index in [4.69, 9.17) is 17.0 Å². The first-order valence-electron chi connectivity index (χ1n) is 6.34. The maximum atomic E-state index is 5.60. The molecule has 18 heavy (non-hydrogen) atoms. The lowest BCUT2D eigenvalue weighted by atomic mass is 10.0. The molecule has 3 rings (SSSR count). The summed E-state index contributed by atoms with van der Waals surface area (Å²) in [5.41, 5.74) is 3.01. The first kappa shape index (κ1) is 11.9. The number of aromatic amines is 1. The highest BCUT2D eigenvalue weighted by atomic mass is 32.1. The maximum absolute atomic E-state index is 5.60. The third-order valence-corrected chi connectivity index (χ3v) is 3.82. The monoisotopic (exact) mass is 263 g/mol. The summed E-state index contributed by atoms with van der Waals surface area (Å²) in [5.74, 6) is 0. The van der Waals surface area contributed by atoms with Crippen LogP contribution in [0.4, 0.5) is 0 Å². The van der Waals surface area contributed by atoms with E-state index < -0.39 is 0 Å². The molecule has 2 atom stereocenters. The molecule has 2 aromatic rings. The number of H-pyrrole nitrogens is 1. The largest absolute Gasteiger partial charge is 0.378 e. The van der Waals surface area contributed by atoms with Gasteiger partial charge < -0.3 is 9.72 Å². The van der Waals surface area contributed by atoms with E-state index in [1.54, 1.807) is 0 Å². The number of fused-ring (bicyclic) bond motifs is 1. The summed E-state index contributed by atoms with van der Waals surface area (Å²) in [6, 6.07) is 4.45. The van der Waals surface area contributed by atoms with Gasteiger partial charge in [0.15, 0.2) is 10.4 Å². The predicted octanol–water partition coefficient (Wildman–Crippen LogP) is 3.14. The molecular formula is C13H17N3OS. The second kappa shape index (κ2) is 4.48. The number of imidazole rings is 1. The highest BCUT2D eigenvalue weighted by molar-refractivity contribution is 7.71. The summed E-state index contributed by atoms with van der Waals surface area (Å²) >= 11 is 5.44. The van der Waals surface area contributed by atoms with Crippen molar-refractivity contribution in [3.05, 3.63) is 22.6 Å². The maximum Gasteiger partial charge on any atom is 0.179 e. The van der Waals surface area contributed by atoms with E-state index in [1.165, 1.54) is 0 Å². The summed E-state index contributed by atoms with van der Waals surface area (Å²) in [5, 5.41) is 0. The Hall–Kier alpha value is -1.20. The van der Waals surface area contributed by atoms with Gasteiger partial charge >= 0.3 is 0 Å². The number of aryl methyl sites for hydroxylation is 1. The average Bonchev–Trinajstić information content (AvgIpc) is 2.64. The lowest BCUT2D eigenvalue weighted by Crippen LogP contribution is -2.25. The molecule has 0 aliphatic carbocycles. The lowest BCUT2D eigenvalue weighted by molar-refractivity contribution is 0.00638. The van der Waals surface area contributed by atoms with E-state index in [0.29, 0.717) is 12.1 Å². The topological polar surface area (TPSA) is 42.8 Å². The zero-order chi connectivity index (χ0) is 12.7. The standard InChI is InChI=1S/C13H17N3OS/c1-8-3-4-11-12(14-8)16(13(18)15-11)10-5-6-17-9(2)7-10/h3-4,9-10H,5-7H2,1-2H3,(H,15,18). The van der Waals surface area contributed by atoms with Crippen molar-refractivity contribution in [1.82, 2.24) is 14.5 Å². The van der Waals surface area contributed by atoms with Crippen molar-refractivity contribution < 1.29 is 4.74 Å². The molecule has 0 aromatic carbocycles. The van der Waals surface area contributed by atoms with Gasteiger partial charge in [0.2, 0.25) is 0 Å². The van der Waals surface area contributed by atoms with Gasteiger partial charge in [0.05, 0.1) is 11.6 Å². The van der Waals surface area contributed by atoms with E-state index in [0.717, 1.165) is 41.1 Å². The van der Waals surface area contributed by atoms with E-state index in [-0.39, 0.29) is 0 Å². The second-order valence-corrected chi connectivity index (χ2v) is 5.37. The minimum atomic E-state index is 0.292. The molecule has 1 fully saturated rings. The smallest absolute Gasteiger partial charge is 0.179 e. The molecule has 2 unspecified atom stereocenters. The molecule has 1 aliphatic heterocycles. The van der Waals surface area contributed by atoms with Crippen molar-refractivity contribution in [2.45, 2.75) is 38.8 Å². The van der Waals surface area contributed by atoms with Crippen LogP contribution in [-0.2, 0) is 4.74 Å². The van der Waals surface area contributed by atoms with Gasteiger partial charge in [0, 0.05) is 18.3 Å². The van der Waals surface area contributed by atoms with Crippen LogP contribution in [0, 0.1) is 11.7 Å². The number of rotatable bonds is 1. The first-order valence-corrected chi connectivity index (χ1v) is 6.75. The highest BCUT2D eigenvalue weighted by Crippen LogP contribution is 2.28. The Kier molecular flexibility index (Phi) is 2.95. The highest BCUT2D eigenvalue weighted by Gasteiger charge is 2.23. The lowest BCUT2D eigenvalue weighted by Gasteiger charge is -2.28. The van der Waals surface area contributed by atoms with Crippen LogP contribution in [-0.4, -0.2) is 27.2 Å². The molecule has 0 bridgehead atoms. The van der Waals surface area contributed by atoms with Gasteiger partial charge in [-0.15, -0.1) is 0 Å². The summed E-state index contributed by atoms with van der Waals surface area (Å²) in [7, 11) is 0. The first-order chi connectivity index (χ1) is 8.65. The quantitative estimate of drug-likeness (QED) is 0.804. The Morgan fingerprint density at radius 2 is 2.33 bits per heavy atom. The minimum absolute atomic E-state index is 0.292. The Bertz CT molecular complexity index is 631. The van der Waals surface area contributed by atoms with Gasteiger partial charge in [0.25, 0.3) is 0 Å². The number of pyridine rings is 1. The molecule has 0 spiro atoms. The molecule has 3 heterocycles. The van der Waals surface area contributed by atoms with Crippen LogP contribution in [0.2, 0.25) is 0 Å². The molecule has 0 amide bonds. The molecule has 2 aromatic heterocycles. The number of nitrogens with zero attached hydrogens (tertiary/aromatic N) is 2. The van der Waals surface area contributed by atoms with Crippen LogP contribution in [0.5, 0.6) is 0 Å². The number of aromatic nitrogens is 3. The minimum Gasteiger partial charge on any atom is -0.378 e. The molecular weight excluding hydrogens is 246 g/mol. The van der Waals surface area contributed by atoms with Crippen LogP contribution in [0.3, 0.4) is 0 Å². The van der Waals surface area contributed by atoms with E-state index in [9.17, 15) is 0 Å². The SMILES string of the molecule is Cc1ccc2[nH]c(=S)n(C3CCOC(C)C3)c2n1. The fourth-order valence-corrected chi connectivity index (χ4v) is 2.99. The Morgan fingerprint density at radius 3 is 3.11 bits per heavy atom. The van der Waals surface area contributed by atoms with Crippen LogP contribution < -0.4 is 0 Å². The Labute approximate surface area is 111 Å². The summed E-state index contributed by atoms with van der Waals surface area (Å²) < 4.78 is 8.53. The molecule has 1 saturated heterocycles. The molecule has 1 N–H and O–H groups in total. The Morgan fingerprint density at radius 1 is 1.50 bits per heavy atom. The zero-order valence-corrected chi connectivity index (χ0v) is 11.5. The summed E-state index contributed by atoms with van der Waals surface area (Å²) in [6.45, 7) is 4.92. The van der Waals surface area contributed by atoms with Gasteiger partial charge in [-0.05, 0) is 51.0 Å². The summed E-state index contributed by atoms with van der Waals surface area (Å²) in [6.07, 6.45) is 2.29. The van der Waals surface area contributed by atoms with Gasteiger partial charge in [-0.2, -0.15) is 0 Å². The van der Waals surface area contributed by atoms with Crippen molar-refractivity contribution >= 4 is 23.4 Å². The van der Waals surface area contributed by atoms with Crippen molar-refractivity contribution in [2.24, 2.45) is 0 Å². The molecule has 5 heteroatoms. The van der Waals surface area contributed by atoms with Crippen LogP contribution in [0.25, 0.3) is 11.2 Å². The number of nitrogens with one attached hydrogen (secondary N) is 1. The van der Waals surface area contributed by atoms with E-state index in [2.05, 4.69) is 21.5 Å². The van der Waals surface area contributed by atoms with Gasteiger partial charge in [-0.3, -0.25) is 4.57 Å². The van der Waals surface area contributed by atoms with Crippen LogP contribution >= 0.6 is 12.2 Å². The van der Waals surface area contributed by atoms with Crippen molar-refractivity contribution in [1.29, 1.82) is 0 Å². The third-order valence-electron chi connectivity index (χ3n) is 3.53. The number of ether oxygens (including phenoxy) is 1. The normalized spacial score (nSPS) is 24.6. The fraction of sp³-hybridized carbons (Fsp3) is 0.538. The van der Waals surface area contributed by atoms with Gasteiger partial charge in [-0.1, -0.05) is 0 Å². The predicted molar refractivity (Wildman–Crippen MR) is 73.3 cm³/mol. The molecule has 96 valence electrons. The number of hydrogen-bond acceptors (Lipinski definition) is 3. The number of hydrogen-bond donors (Lipinski definition) is 1. The molecule has 1 aliphatic rings. The average molecular weight is 263 g/mol. The summed E-state index contributed by atoms with van der Waals surface area (Å²) in [4.78, 5) is 7.86. The molecule has 4 nitrogen and oxygen atoms in total. The molecule has 0 saturated carbocycles. The van der Waals surface area contributed by atoms with Crippen LogP contribution in [0.1, 0.15) is 31.5 Å². The van der Waals surface area contributed by atoms with Gasteiger partial charge in [0.1, 0.15) is 0 Å². The Balaban J connectivity index is 2.12. The van der Waals surface area contributed by atoms with E-state index in [1.807, 2.05) is 19.1 Å². The second-order valence-electron chi connectivity index (χ2n) is 4.98. The van der Waals surface area contributed by atoms with Crippen molar-refractivity contribution in [2.75, 3.05) is 6.61 Å². The third kappa shape index (κ3) is 1.97.